The van der Waals surface area contributed by atoms with Crippen molar-refractivity contribution in [3.05, 3.63) is 108 Å². The van der Waals surface area contributed by atoms with Crippen molar-refractivity contribution in [2.45, 2.75) is 53.7 Å². The number of carbonyl (C=O) groups excluding carboxylic acids is 1. The van der Waals surface area contributed by atoms with Crippen molar-refractivity contribution in [1.82, 2.24) is 0 Å². The quantitative estimate of drug-likeness (QED) is 0.333. The molecule has 0 heterocycles. The minimum absolute atomic E-state index is 0.197. The van der Waals surface area contributed by atoms with Gasteiger partial charge in [0, 0.05) is 0 Å². The zero-order valence-electron chi connectivity index (χ0n) is 20.1. The largest absolute Gasteiger partial charge is 0.448 e. The fourth-order valence-corrected chi connectivity index (χ4v) is 7.08. The molecule has 188 valence electrons. The number of fused-ring (bicyclic) bond motifs is 1. The smallest absolute Gasteiger partial charge is 0.338 e. The Morgan fingerprint density at radius 3 is 1.83 bits per heavy atom. The van der Waals surface area contributed by atoms with Crippen LogP contribution >= 0.6 is 0 Å². The van der Waals surface area contributed by atoms with Crippen molar-refractivity contribution in [3.8, 4) is 0 Å². The third-order valence-corrected chi connectivity index (χ3v) is 8.92. The molecule has 2 fully saturated rings. The van der Waals surface area contributed by atoms with Crippen LogP contribution in [0.15, 0.2) is 91.0 Å². The third kappa shape index (κ3) is 2.42. The Balaban J connectivity index is 1.78. The zero-order chi connectivity index (χ0) is 26.0. The van der Waals surface area contributed by atoms with Gasteiger partial charge in [-0.2, -0.15) is 0 Å². The molecule has 5 N–H and O–H groups in total. The van der Waals surface area contributed by atoms with Gasteiger partial charge >= 0.3 is 5.97 Å². The Morgan fingerprint density at radius 2 is 1.33 bits per heavy atom. The Morgan fingerprint density at radius 1 is 0.861 bits per heavy atom. The summed E-state index contributed by atoms with van der Waals surface area (Å²) in [5.74, 6) is -0.800. The van der Waals surface area contributed by atoms with Gasteiger partial charge in [-0.15, -0.1) is 0 Å². The van der Waals surface area contributed by atoms with E-state index in [9.17, 15) is 30.3 Å². The van der Waals surface area contributed by atoms with Crippen LogP contribution in [-0.4, -0.2) is 67.1 Å². The maximum Gasteiger partial charge on any atom is 0.338 e. The van der Waals surface area contributed by atoms with Crippen LogP contribution in [0, 0.1) is 0 Å². The van der Waals surface area contributed by atoms with Gasteiger partial charge in [-0.05, 0) is 37.1 Å². The minimum Gasteiger partial charge on any atom is -0.448 e. The summed E-state index contributed by atoms with van der Waals surface area (Å²) in [7, 11) is 0. The highest BCUT2D eigenvalue weighted by Gasteiger charge is 3.03. The van der Waals surface area contributed by atoms with Crippen molar-refractivity contribution < 1.29 is 35.1 Å². The second kappa shape index (κ2) is 7.96. The molecule has 3 aromatic carbocycles. The van der Waals surface area contributed by atoms with Crippen molar-refractivity contribution >= 4 is 5.97 Å². The standard InChI is InChI=1S/C29H30O7/c1-25(20-14-8-4-9-15-20)24(33)28(36-23(32)19-12-6-3-7-13-19)26(2,21-16-10-5-11-17-21)27(34,22(31)18-30)29(25,28)35/h3-17,22,24,30-31,33-35H,18H2,1-2H3/t22-,24?,25?,26?,27+,28-,29+/m1/s1. The van der Waals surface area contributed by atoms with Gasteiger partial charge in [-0.1, -0.05) is 78.9 Å². The Bertz CT molecular complexity index is 1270. The van der Waals surface area contributed by atoms with E-state index in [-0.39, 0.29) is 5.56 Å². The first kappa shape index (κ1) is 24.6. The van der Waals surface area contributed by atoms with E-state index in [1.54, 1.807) is 97.9 Å². The second-order valence-corrected chi connectivity index (χ2v) is 10.1. The van der Waals surface area contributed by atoms with Gasteiger partial charge in [0.05, 0.1) is 23.0 Å². The average Bonchev–Trinajstić information content (AvgIpc) is 2.94. The third-order valence-electron chi connectivity index (χ3n) is 8.92. The van der Waals surface area contributed by atoms with Gasteiger partial charge in [0.1, 0.15) is 17.8 Å². The molecule has 7 heteroatoms. The van der Waals surface area contributed by atoms with Crippen LogP contribution < -0.4 is 0 Å². The number of aliphatic hydroxyl groups is 5. The van der Waals surface area contributed by atoms with E-state index < -0.39 is 52.4 Å². The van der Waals surface area contributed by atoms with Crippen molar-refractivity contribution in [3.63, 3.8) is 0 Å². The van der Waals surface area contributed by atoms with Crippen molar-refractivity contribution in [2.24, 2.45) is 0 Å². The molecule has 2 saturated carbocycles. The van der Waals surface area contributed by atoms with Crippen LogP contribution in [0.4, 0.5) is 0 Å². The molecule has 36 heavy (non-hydrogen) atoms. The van der Waals surface area contributed by atoms with E-state index in [1.807, 2.05) is 0 Å². The van der Waals surface area contributed by atoms with Crippen molar-refractivity contribution in [1.29, 1.82) is 0 Å². The summed E-state index contributed by atoms with van der Waals surface area (Å²) in [5.41, 5.74) is -9.06. The molecule has 0 aromatic heterocycles. The Hall–Kier alpha value is -3.07. The van der Waals surface area contributed by atoms with E-state index >= 15 is 0 Å². The number of esters is 1. The predicted octanol–water partition coefficient (Wildman–Crippen LogP) is 1.70. The maximum absolute atomic E-state index is 13.4. The molecule has 7 atom stereocenters. The van der Waals surface area contributed by atoms with Gasteiger partial charge in [-0.25, -0.2) is 4.79 Å². The molecule has 7 nitrogen and oxygen atoms in total. The molecule has 0 radical (unpaired) electrons. The SMILES string of the molecule is CC1(c2ccccc2)C(O)[C@@]2(OC(=O)c3ccccc3)C(C)(c3ccccc3)[C@@](O)([C@H](O)CO)[C@@]12O. The molecule has 3 unspecified atom stereocenters. The van der Waals surface area contributed by atoms with E-state index in [0.717, 1.165) is 0 Å². The number of hydrogen-bond acceptors (Lipinski definition) is 7. The predicted molar refractivity (Wildman–Crippen MR) is 131 cm³/mol. The molecule has 0 amide bonds. The summed E-state index contributed by atoms with van der Waals surface area (Å²) in [5, 5.41) is 57.8. The van der Waals surface area contributed by atoms with Crippen molar-refractivity contribution in [2.75, 3.05) is 6.61 Å². The number of aliphatic hydroxyl groups excluding tert-OH is 3. The fraction of sp³-hybridized carbons (Fsp3) is 0.345. The van der Waals surface area contributed by atoms with E-state index in [1.165, 1.54) is 6.92 Å². The molecule has 0 saturated heterocycles. The molecule has 5 rings (SSSR count). The second-order valence-electron chi connectivity index (χ2n) is 10.1. The summed E-state index contributed by atoms with van der Waals surface area (Å²) < 4.78 is 6.06. The van der Waals surface area contributed by atoms with Crippen LogP contribution in [0.1, 0.15) is 35.3 Å². The van der Waals surface area contributed by atoms with Crippen LogP contribution in [0.25, 0.3) is 0 Å². The normalized spacial score (nSPS) is 37.7. The van der Waals surface area contributed by atoms with Gasteiger partial charge in [-0.3, -0.25) is 0 Å². The summed E-state index contributed by atoms with van der Waals surface area (Å²) in [6.45, 7) is 2.22. The monoisotopic (exact) mass is 490 g/mol. The maximum atomic E-state index is 13.4. The number of rotatable bonds is 6. The molecule has 2 aliphatic rings. The topological polar surface area (TPSA) is 127 Å². The van der Waals surface area contributed by atoms with Gasteiger partial charge in [0.2, 0.25) is 0 Å². The minimum atomic E-state index is -2.42. The number of benzene rings is 3. The highest BCUT2D eigenvalue weighted by atomic mass is 16.6. The van der Waals surface area contributed by atoms with Crippen LogP contribution in [-0.2, 0) is 15.6 Å². The highest BCUT2D eigenvalue weighted by molar-refractivity contribution is 5.90. The lowest BCUT2D eigenvalue weighted by Gasteiger charge is -2.87. The lowest BCUT2D eigenvalue weighted by atomic mass is 9.20. The lowest BCUT2D eigenvalue weighted by molar-refractivity contribution is -0.504. The average molecular weight is 491 g/mol. The first-order chi connectivity index (χ1) is 17.1. The van der Waals surface area contributed by atoms with E-state index in [2.05, 4.69) is 0 Å². The van der Waals surface area contributed by atoms with Gasteiger partial charge < -0.3 is 30.3 Å². The Kier molecular flexibility index (Phi) is 5.45. The number of hydrogen-bond donors (Lipinski definition) is 5. The zero-order valence-corrected chi connectivity index (χ0v) is 20.1. The summed E-state index contributed by atoms with van der Waals surface area (Å²) in [6, 6.07) is 25.3. The first-order valence-corrected chi connectivity index (χ1v) is 11.9. The molecule has 0 aliphatic heterocycles. The molecule has 0 bridgehead atoms. The van der Waals surface area contributed by atoms with Crippen LogP contribution in [0.5, 0.6) is 0 Å². The van der Waals surface area contributed by atoms with Crippen LogP contribution in [0.2, 0.25) is 0 Å². The van der Waals surface area contributed by atoms with Gasteiger partial charge in [0.25, 0.3) is 0 Å². The lowest BCUT2D eigenvalue weighted by Crippen LogP contribution is -3.10. The van der Waals surface area contributed by atoms with Gasteiger partial charge in [0.15, 0.2) is 11.2 Å². The summed E-state index contributed by atoms with van der Waals surface area (Å²) in [6.07, 6.45) is -3.31. The fourth-order valence-electron chi connectivity index (χ4n) is 7.08. The Labute approximate surface area is 209 Å². The molecular weight excluding hydrogens is 460 g/mol. The van der Waals surface area contributed by atoms with Crippen LogP contribution in [0.3, 0.4) is 0 Å². The number of carbonyl (C=O) groups is 1. The summed E-state index contributed by atoms with van der Waals surface area (Å²) in [4.78, 5) is 13.4. The number of ether oxygens (including phenoxy) is 1. The molecule has 0 spiro atoms. The molecular formula is C29H30O7. The summed E-state index contributed by atoms with van der Waals surface area (Å²) >= 11 is 0. The van der Waals surface area contributed by atoms with E-state index in [4.69, 9.17) is 4.74 Å². The molecule has 3 aromatic rings. The highest BCUT2D eigenvalue weighted by Crippen LogP contribution is 2.81. The first-order valence-electron chi connectivity index (χ1n) is 11.9. The van der Waals surface area contributed by atoms with E-state index in [0.29, 0.717) is 11.1 Å². The molecule has 2 aliphatic carbocycles.